The summed E-state index contributed by atoms with van der Waals surface area (Å²) in [6.07, 6.45) is 1.76. The zero-order chi connectivity index (χ0) is 13.1. The number of aryl methyl sites for hydroxylation is 1. The number of anilines is 1. The Labute approximate surface area is 111 Å². The summed E-state index contributed by atoms with van der Waals surface area (Å²) < 4.78 is 0. The van der Waals surface area contributed by atoms with Crippen molar-refractivity contribution in [3.05, 3.63) is 30.2 Å². The third-order valence-corrected chi connectivity index (χ3v) is 3.10. The van der Waals surface area contributed by atoms with E-state index >= 15 is 0 Å². The van der Waals surface area contributed by atoms with E-state index < -0.39 is 0 Å². The highest BCUT2D eigenvalue weighted by Gasteiger charge is 2.19. The highest BCUT2D eigenvalue weighted by molar-refractivity contribution is 5.68. The van der Waals surface area contributed by atoms with Gasteiger partial charge in [0.2, 0.25) is 0 Å². The molecule has 0 atom stereocenters. The maximum atomic E-state index is 4.56. The van der Waals surface area contributed by atoms with Gasteiger partial charge in [-0.25, -0.2) is 4.98 Å². The molecule has 1 aliphatic heterocycles. The minimum atomic E-state index is 0.688. The van der Waals surface area contributed by atoms with E-state index in [-0.39, 0.29) is 0 Å². The van der Waals surface area contributed by atoms with Crippen LogP contribution in [0.4, 0.5) is 5.82 Å². The van der Waals surface area contributed by atoms with Gasteiger partial charge in [0.1, 0.15) is 5.82 Å². The molecule has 2 aromatic rings. The first-order valence-corrected chi connectivity index (χ1v) is 6.43. The summed E-state index contributed by atoms with van der Waals surface area (Å²) in [6.45, 7) is 5.65. The summed E-state index contributed by atoms with van der Waals surface area (Å²) in [5, 5.41) is 11.7. The summed E-state index contributed by atoms with van der Waals surface area (Å²) in [4.78, 5) is 11.1. The van der Waals surface area contributed by atoms with Crippen molar-refractivity contribution in [1.29, 1.82) is 0 Å². The molecule has 1 N–H and O–H groups in total. The van der Waals surface area contributed by atoms with Gasteiger partial charge in [-0.2, -0.15) is 0 Å². The Balaban J connectivity index is 2.04. The number of hydrogen-bond donors (Lipinski definition) is 1. The average molecular weight is 256 g/mol. The fourth-order valence-electron chi connectivity index (χ4n) is 2.16. The average Bonchev–Trinajstić information content (AvgIpc) is 2.49. The monoisotopic (exact) mass is 256 g/mol. The molecule has 0 aliphatic carbocycles. The Hall–Kier alpha value is -2.08. The van der Waals surface area contributed by atoms with Crippen molar-refractivity contribution in [1.82, 2.24) is 25.5 Å². The van der Waals surface area contributed by atoms with E-state index in [1.54, 1.807) is 6.20 Å². The minimum absolute atomic E-state index is 0.688. The van der Waals surface area contributed by atoms with Crippen molar-refractivity contribution in [3.8, 4) is 11.4 Å². The molecule has 1 aliphatic rings. The number of rotatable bonds is 2. The number of nitrogens with one attached hydrogen (secondary N) is 1. The lowest BCUT2D eigenvalue weighted by Gasteiger charge is -2.29. The van der Waals surface area contributed by atoms with Crippen molar-refractivity contribution >= 4 is 5.82 Å². The Morgan fingerprint density at radius 1 is 1.16 bits per heavy atom. The second-order valence-corrected chi connectivity index (χ2v) is 4.48. The fraction of sp³-hybridized carbons (Fsp3) is 0.385. The van der Waals surface area contributed by atoms with Crippen LogP contribution in [0.5, 0.6) is 0 Å². The minimum Gasteiger partial charge on any atom is -0.352 e. The van der Waals surface area contributed by atoms with Gasteiger partial charge in [-0.1, -0.05) is 6.07 Å². The van der Waals surface area contributed by atoms with E-state index in [4.69, 9.17) is 0 Å². The Bertz CT molecular complexity index is 550. The van der Waals surface area contributed by atoms with Crippen molar-refractivity contribution < 1.29 is 0 Å². The van der Waals surface area contributed by atoms with E-state index in [1.165, 1.54) is 0 Å². The number of aromatic nitrogens is 4. The van der Waals surface area contributed by atoms with Crippen LogP contribution in [-0.2, 0) is 0 Å². The van der Waals surface area contributed by atoms with Crippen molar-refractivity contribution in [3.63, 3.8) is 0 Å². The van der Waals surface area contributed by atoms with E-state index in [9.17, 15) is 0 Å². The number of piperazine rings is 1. The predicted molar refractivity (Wildman–Crippen MR) is 72.9 cm³/mol. The van der Waals surface area contributed by atoms with Crippen LogP contribution < -0.4 is 10.2 Å². The van der Waals surface area contributed by atoms with E-state index in [2.05, 4.69) is 30.4 Å². The first-order chi connectivity index (χ1) is 9.34. The summed E-state index contributed by atoms with van der Waals surface area (Å²) in [5.74, 6) is 1.57. The van der Waals surface area contributed by atoms with Crippen LogP contribution in [0.15, 0.2) is 24.4 Å². The SMILES string of the molecule is Cc1nnc(-c2ccccn2)c(N2CCNCC2)n1. The molecule has 3 rings (SSSR count). The molecule has 6 nitrogen and oxygen atoms in total. The zero-order valence-electron chi connectivity index (χ0n) is 10.9. The van der Waals surface area contributed by atoms with Gasteiger partial charge < -0.3 is 10.2 Å². The quantitative estimate of drug-likeness (QED) is 0.851. The maximum absolute atomic E-state index is 4.56. The molecule has 0 saturated carbocycles. The standard InChI is InChI=1S/C13H16N6/c1-10-16-13(19-8-6-14-7-9-19)12(18-17-10)11-4-2-3-5-15-11/h2-5,14H,6-9H2,1H3. The van der Waals surface area contributed by atoms with E-state index in [1.807, 2.05) is 25.1 Å². The van der Waals surface area contributed by atoms with Gasteiger partial charge in [0, 0.05) is 32.4 Å². The largest absolute Gasteiger partial charge is 0.352 e. The second-order valence-electron chi connectivity index (χ2n) is 4.48. The van der Waals surface area contributed by atoms with Gasteiger partial charge in [-0.05, 0) is 19.1 Å². The summed E-state index contributed by atoms with van der Waals surface area (Å²) in [7, 11) is 0. The van der Waals surface area contributed by atoms with Crippen molar-refractivity contribution in [2.75, 3.05) is 31.1 Å². The molecule has 1 fully saturated rings. The van der Waals surface area contributed by atoms with E-state index in [0.717, 1.165) is 43.4 Å². The molecule has 19 heavy (non-hydrogen) atoms. The first-order valence-electron chi connectivity index (χ1n) is 6.43. The molecular formula is C13H16N6. The lowest BCUT2D eigenvalue weighted by atomic mass is 10.2. The van der Waals surface area contributed by atoms with Gasteiger partial charge in [0.25, 0.3) is 0 Å². The van der Waals surface area contributed by atoms with Crippen molar-refractivity contribution in [2.24, 2.45) is 0 Å². The lowest BCUT2D eigenvalue weighted by molar-refractivity contribution is 0.583. The highest BCUT2D eigenvalue weighted by Crippen LogP contribution is 2.24. The fourth-order valence-corrected chi connectivity index (χ4v) is 2.16. The molecule has 0 bridgehead atoms. The predicted octanol–water partition coefficient (Wildman–Crippen LogP) is 0.652. The van der Waals surface area contributed by atoms with Crippen LogP contribution in [0.3, 0.4) is 0 Å². The zero-order valence-corrected chi connectivity index (χ0v) is 10.9. The van der Waals surface area contributed by atoms with Crippen LogP contribution in [-0.4, -0.2) is 46.3 Å². The summed E-state index contributed by atoms with van der Waals surface area (Å²) in [5.41, 5.74) is 1.57. The van der Waals surface area contributed by atoms with Gasteiger partial charge in [0.15, 0.2) is 11.5 Å². The second kappa shape index (κ2) is 5.27. The van der Waals surface area contributed by atoms with Crippen LogP contribution >= 0.6 is 0 Å². The Kier molecular flexibility index (Phi) is 3.33. The van der Waals surface area contributed by atoms with E-state index in [0.29, 0.717) is 5.82 Å². The molecule has 0 unspecified atom stereocenters. The summed E-state index contributed by atoms with van der Waals surface area (Å²) >= 11 is 0. The number of hydrogen-bond acceptors (Lipinski definition) is 6. The third kappa shape index (κ3) is 2.53. The smallest absolute Gasteiger partial charge is 0.161 e. The molecule has 0 radical (unpaired) electrons. The molecule has 1 saturated heterocycles. The third-order valence-electron chi connectivity index (χ3n) is 3.10. The molecule has 3 heterocycles. The highest BCUT2D eigenvalue weighted by atomic mass is 15.3. The molecule has 2 aromatic heterocycles. The van der Waals surface area contributed by atoms with Crippen LogP contribution in [0.2, 0.25) is 0 Å². The van der Waals surface area contributed by atoms with Crippen LogP contribution in [0, 0.1) is 6.92 Å². The molecular weight excluding hydrogens is 240 g/mol. The molecule has 0 spiro atoms. The van der Waals surface area contributed by atoms with Gasteiger partial charge in [0.05, 0.1) is 5.69 Å². The molecule has 0 aromatic carbocycles. The molecule has 98 valence electrons. The van der Waals surface area contributed by atoms with Gasteiger partial charge in [-0.3, -0.25) is 4.98 Å². The number of nitrogens with zero attached hydrogens (tertiary/aromatic N) is 5. The van der Waals surface area contributed by atoms with Gasteiger partial charge in [-0.15, -0.1) is 10.2 Å². The normalized spacial score (nSPS) is 15.5. The Morgan fingerprint density at radius 2 is 2.00 bits per heavy atom. The molecule has 0 amide bonds. The van der Waals surface area contributed by atoms with Crippen LogP contribution in [0.1, 0.15) is 5.82 Å². The van der Waals surface area contributed by atoms with Crippen LogP contribution in [0.25, 0.3) is 11.4 Å². The van der Waals surface area contributed by atoms with Gasteiger partial charge >= 0.3 is 0 Å². The topological polar surface area (TPSA) is 66.8 Å². The van der Waals surface area contributed by atoms with Crippen molar-refractivity contribution in [2.45, 2.75) is 6.92 Å². The number of pyridine rings is 1. The first kappa shape index (κ1) is 12.0. The lowest BCUT2D eigenvalue weighted by Crippen LogP contribution is -2.44. The summed E-state index contributed by atoms with van der Waals surface area (Å²) in [6, 6.07) is 5.78. The maximum Gasteiger partial charge on any atom is 0.161 e. The Morgan fingerprint density at radius 3 is 2.74 bits per heavy atom. The molecule has 6 heteroatoms.